The summed E-state index contributed by atoms with van der Waals surface area (Å²) in [6.45, 7) is 5.55. The average molecular weight is 234 g/mol. The van der Waals surface area contributed by atoms with E-state index in [9.17, 15) is 14.7 Å². The van der Waals surface area contributed by atoms with E-state index >= 15 is 0 Å². The van der Waals surface area contributed by atoms with Crippen LogP contribution in [0.2, 0.25) is 0 Å². The van der Waals surface area contributed by atoms with Crippen LogP contribution in [0.4, 0.5) is 0 Å². The molecule has 0 aliphatic carbocycles. The summed E-state index contributed by atoms with van der Waals surface area (Å²) in [5.41, 5.74) is 2.90. The Hall–Kier alpha value is -1.64. The lowest BCUT2D eigenvalue weighted by Crippen LogP contribution is -2.08. The quantitative estimate of drug-likeness (QED) is 0.852. The Kier molecular flexibility index (Phi) is 4.44. The molecule has 0 saturated carbocycles. The van der Waals surface area contributed by atoms with Gasteiger partial charge in [0.05, 0.1) is 5.56 Å². The zero-order chi connectivity index (χ0) is 13.0. The fraction of sp³-hybridized carbons (Fsp3) is 0.429. The maximum absolute atomic E-state index is 11.3. The van der Waals surface area contributed by atoms with Gasteiger partial charge in [0.15, 0.2) is 0 Å². The van der Waals surface area contributed by atoms with Crippen molar-refractivity contribution in [1.82, 2.24) is 0 Å². The van der Waals surface area contributed by atoms with Gasteiger partial charge in [0, 0.05) is 12.8 Å². The molecule has 0 spiro atoms. The van der Waals surface area contributed by atoms with Crippen molar-refractivity contribution >= 4 is 11.8 Å². The van der Waals surface area contributed by atoms with Gasteiger partial charge in [0.2, 0.25) is 0 Å². The third-order valence-corrected chi connectivity index (χ3v) is 2.84. The molecule has 3 nitrogen and oxygen atoms in total. The van der Waals surface area contributed by atoms with Crippen LogP contribution in [0.5, 0.6) is 0 Å². The van der Waals surface area contributed by atoms with E-state index in [1.54, 1.807) is 6.92 Å². The van der Waals surface area contributed by atoms with Crippen molar-refractivity contribution in [1.29, 1.82) is 0 Å². The number of hydrogen-bond acceptors (Lipinski definition) is 2. The van der Waals surface area contributed by atoms with Crippen molar-refractivity contribution in [2.24, 2.45) is 0 Å². The molecular formula is C14H18O3. The number of aromatic carboxylic acids is 1. The summed E-state index contributed by atoms with van der Waals surface area (Å²) in [4.78, 5) is 22.5. The first-order chi connectivity index (χ1) is 7.95. The molecule has 0 saturated heterocycles. The molecule has 0 aliphatic rings. The Balaban J connectivity index is 3.04. The maximum atomic E-state index is 11.3. The number of hydrogen-bond donors (Lipinski definition) is 1. The van der Waals surface area contributed by atoms with E-state index in [0.717, 1.165) is 16.7 Å². The minimum absolute atomic E-state index is 0.167. The molecule has 0 unspecified atom stereocenters. The molecule has 0 fully saturated rings. The molecule has 92 valence electrons. The summed E-state index contributed by atoms with van der Waals surface area (Å²) >= 11 is 0. The van der Waals surface area contributed by atoms with Gasteiger partial charge in [0.1, 0.15) is 5.78 Å². The summed E-state index contributed by atoms with van der Waals surface area (Å²) in [6, 6.07) is 3.72. The van der Waals surface area contributed by atoms with Crippen LogP contribution >= 0.6 is 0 Å². The Labute approximate surface area is 101 Å². The van der Waals surface area contributed by atoms with Gasteiger partial charge in [-0.2, -0.15) is 0 Å². The van der Waals surface area contributed by atoms with Crippen molar-refractivity contribution in [2.75, 3.05) is 0 Å². The highest BCUT2D eigenvalue weighted by atomic mass is 16.4. The lowest BCUT2D eigenvalue weighted by Gasteiger charge is -2.10. The standard InChI is InChI=1S/C14H18O3/c1-4-12(15)6-5-11-8-9(2)7-10(3)13(11)14(16)17/h7-8H,4-6H2,1-3H3,(H,16,17). The van der Waals surface area contributed by atoms with Crippen LogP contribution in [-0.2, 0) is 11.2 Å². The fourth-order valence-electron chi connectivity index (χ4n) is 2.01. The molecule has 1 aromatic carbocycles. The topological polar surface area (TPSA) is 54.4 Å². The molecule has 0 bridgehead atoms. The summed E-state index contributed by atoms with van der Waals surface area (Å²) in [6.07, 6.45) is 1.43. The normalized spacial score (nSPS) is 10.3. The first-order valence-electron chi connectivity index (χ1n) is 5.80. The highest BCUT2D eigenvalue weighted by Gasteiger charge is 2.14. The predicted octanol–water partition coefficient (Wildman–Crippen LogP) is 2.91. The van der Waals surface area contributed by atoms with Crippen molar-refractivity contribution in [3.8, 4) is 0 Å². The zero-order valence-corrected chi connectivity index (χ0v) is 10.5. The van der Waals surface area contributed by atoms with Crippen molar-refractivity contribution in [2.45, 2.75) is 40.0 Å². The number of carboxylic acids is 1. The van der Waals surface area contributed by atoms with Crippen molar-refractivity contribution < 1.29 is 14.7 Å². The van der Waals surface area contributed by atoms with Gasteiger partial charge < -0.3 is 5.11 Å². The lowest BCUT2D eigenvalue weighted by atomic mass is 9.95. The van der Waals surface area contributed by atoms with Crippen molar-refractivity contribution in [3.63, 3.8) is 0 Å². The number of aryl methyl sites for hydroxylation is 3. The fourth-order valence-corrected chi connectivity index (χ4v) is 2.01. The molecule has 1 N–H and O–H groups in total. The number of rotatable bonds is 5. The molecule has 0 aromatic heterocycles. The molecule has 0 atom stereocenters. The van der Waals surface area contributed by atoms with E-state index < -0.39 is 5.97 Å². The molecular weight excluding hydrogens is 216 g/mol. The lowest BCUT2D eigenvalue weighted by molar-refractivity contribution is -0.118. The Morgan fingerprint density at radius 3 is 2.41 bits per heavy atom. The first kappa shape index (κ1) is 13.4. The SMILES string of the molecule is CCC(=O)CCc1cc(C)cc(C)c1C(=O)O. The number of carboxylic acid groups (broad SMARTS) is 1. The molecule has 0 aliphatic heterocycles. The Bertz CT molecular complexity index is 447. The predicted molar refractivity (Wildman–Crippen MR) is 66.5 cm³/mol. The van der Waals surface area contributed by atoms with E-state index in [0.29, 0.717) is 24.8 Å². The van der Waals surface area contributed by atoms with Gasteiger partial charge in [-0.05, 0) is 31.4 Å². The van der Waals surface area contributed by atoms with Gasteiger partial charge in [-0.15, -0.1) is 0 Å². The van der Waals surface area contributed by atoms with Gasteiger partial charge in [-0.3, -0.25) is 4.79 Å². The molecule has 1 aromatic rings. The van der Waals surface area contributed by atoms with Crippen LogP contribution in [0.15, 0.2) is 12.1 Å². The zero-order valence-electron chi connectivity index (χ0n) is 10.5. The minimum Gasteiger partial charge on any atom is -0.478 e. The van der Waals surface area contributed by atoms with E-state index in [-0.39, 0.29) is 5.78 Å². The van der Waals surface area contributed by atoms with E-state index in [1.165, 1.54) is 0 Å². The van der Waals surface area contributed by atoms with Crippen LogP contribution in [0.3, 0.4) is 0 Å². The van der Waals surface area contributed by atoms with Crippen LogP contribution in [0, 0.1) is 13.8 Å². The molecule has 3 heteroatoms. The minimum atomic E-state index is -0.915. The summed E-state index contributed by atoms with van der Waals surface area (Å²) < 4.78 is 0. The van der Waals surface area contributed by atoms with Crippen LogP contribution in [0.1, 0.15) is 46.8 Å². The highest BCUT2D eigenvalue weighted by molar-refractivity contribution is 5.91. The second-order valence-electron chi connectivity index (χ2n) is 4.31. The largest absolute Gasteiger partial charge is 0.478 e. The smallest absolute Gasteiger partial charge is 0.336 e. The van der Waals surface area contributed by atoms with Crippen LogP contribution < -0.4 is 0 Å². The first-order valence-corrected chi connectivity index (χ1v) is 5.80. The van der Waals surface area contributed by atoms with E-state index in [1.807, 2.05) is 26.0 Å². The number of carbonyl (C=O) groups is 2. The van der Waals surface area contributed by atoms with Crippen molar-refractivity contribution in [3.05, 3.63) is 34.4 Å². The Morgan fingerprint density at radius 2 is 1.88 bits per heavy atom. The summed E-state index contributed by atoms with van der Waals surface area (Å²) in [5, 5.41) is 9.17. The molecule has 0 heterocycles. The van der Waals surface area contributed by atoms with Crippen LogP contribution in [-0.4, -0.2) is 16.9 Å². The second kappa shape index (κ2) is 5.62. The number of ketones is 1. The number of Topliss-reactive ketones (excluding diaryl/α,β-unsaturated/α-hetero) is 1. The third kappa shape index (κ3) is 3.41. The average Bonchev–Trinajstić information content (AvgIpc) is 2.24. The monoisotopic (exact) mass is 234 g/mol. The van der Waals surface area contributed by atoms with Gasteiger partial charge in [-0.25, -0.2) is 4.79 Å². The van der Waals surface area contributed by atoms with E-state index in [2.05, 4.69) is 0 Å². The summed E-state index contributed by atoms with van der Waals surface area (Å²) in [5.74, 6) is -0.748. The van der Waals surface area contributed by atoms with Gasteiger partial charge in [-0.1, -0.05) is 24.6 Å². The third-order valence-electron chi connectivity index (χ3n) is 2.84. The summed E-state index contributed by atoms with van der Waals surface area (Å²) in [7, 11) is 0. The van der Waals surface area contributed by atoms with Gasteiger partial charge in [0.25, 0.3) is 0 Å². The Morgan fingerprint density at radius 1 is 1.24 bits per heavy atom. The van der Waals surface area contributed by atoms with E-state index in [4.69, 9.17) is 0 Å². The molecule has 17 heavy (non-hydrogen) atoms. The molecule has 0 radical (unpaired) electrons. The van der Waals surface area contributed by atoms with Gasteiger partial charge >= 0.3 is 5.97 Å². The number of benzene rings is 1. The maximum Gasteiger partial charge on any atom is 0.336 e. The second-order valence-corrected chi connectivity index (χ2v) is 4.31. The highest BCUT2D eigenvalue weighted by Crippen LogP contribution is 2.19. The van der Waals surface area contributed by atoms with Crippen LogP contribution in [0.25, 0.3) is 0 Å². The molecule has 0 amide bonds. The number of carbonyl (C=O) groups excluding carboxylic acids is 1. The molecule has 1 rings (SSSR count).